The summed E-state index contributed by atoms with van der Waals surface area (Å²) in [6.07, 6.45) is 3.80. The van der Waals surface area contributed by atoms with E-state index in [4.69, 9.17) is 4.74 Å². The normalized spacial score (nSPS) is 25.8. The molecule has 2 N–H and O–H groups in total. The zero-order chi connectivity index (χ0) is 15.5. The van der Waals surface area contributed by atoms with Crippen LogP contribution in [-0.4, -0.2) is 54.5 Å². The maximum Gasteiger partial charge on any atom is 0.317 e. The van der Waals surface area contributed by atoms with Gasteiger partial charge in [-0.1, -0.05) is 13.8 Å². The molecule has 2 fully saturated rings. The number of aliphatic hydroxyl groups excluding tert-OH is 1. The zero-order valence-corrected chi connectivity index (χ0v) is 13.6. The number of nitrogens with one attached hydrogen (secondary N) is 1. The van der Waals surface area contributed by atoms with E-state index in [0.717, 1.165) is 6.54 Å². The van der Waals surface area contributed by atoms with Gasteiger partial charge in [0.2, 0.25) is 0 Å². The van der Waals surface area contributed by atoms with E-state index in [-0.39, 0.29) is 12.1 Å². The van der Waals surface area contributed by atoms with Gasteiger partial charge in [0.05, 0.1) is 25.4 Å². The Morgan fingerprint density at radius 1 is 1.43 bits per heavy atom. The second-order valence-corrected chi connectivity index (χ2v) is 7.26. The van der Waals surface area contributed by atoms with Crippen LogP contribution in [0.25, 0.3) is 0 Å². The fourth-order valence-corrected chi connectivity index (χ4v) is 3.37. The average molecular weight is 298 g/mol. The number of urea groups is 1. The Hall–Kier alpha value is -0.810. The smallest absolute Gasteiger partial charge is 0.317 e. The van der Waals surface area contributed by atoms with Gasteiger partial charge < -0.3 is 20.1 Å². The molecule has 2 atom stereocenters. The number of carbonyl (C=O) groups excluding carboxylic acids is 1. The van der Waals surface area contributed by atoms with Crippen molar-refractivity contribution >= 4 is 6.03 Å². The minimum Gasteiger partial charge on any atom is -0.393 e. The van der Waals surface area contributed by atoms with Crippen LogP contribution in [0.1, 0.15) is 46.5 Å². The van der Waals surface area contributed by atoms with Gasteiger partial charge in [-0.25, -0.2) is 4.79 Å². The molecule has 122 valence electrons. The van der Waals surface area contributed by atoms with Crippen LogP contribution in [-0.2, 0) is 4.74 Å². The SMILES string of the molecule is CC(C)CC1(CNC(=O)N2CCOC[C@H]2C[C@H](C)O)CC1. The van der Waals surface area contributed by atoms with E-state index in [1.165, 1.54) is 19.3 Å². The minimum atomic E-state index is -0.414. The predicted octanol–water partition coefficient (Wildman–Crippen LogP) is 1.99. The monoisotopic (exact) mass is 298 g/mol. The second-order valence-electron chi connectivity index (χ2n) is 7.26. The van der Waals surface area contributed by atoms with E-state index in [9.17, 15) is 9.90 Å². The molecule has 0 bridgehead atoms. The number of carbonyl (C=O) groups is 1. The van der Waals surface area contributed by atoms with Gasteiger partial charge in [0, 0.05) is 13.1 Å². The summed E-state index contributed by atoms with van der Waals surface area (Å²) in [6.45, 7) is 8.73. The lowest BCUT2D eigenvalue weighted by atomic mass is 9.94. The third-order valence-electron chi connectivity index (χ3n) is 4.51. The molecule has 21 heavy (non-hydrogen) atoms. The van der Waals surface area contributed by atoms with E-state index in [1.54, 1.807) is 6.92 Å². The highest BCUT2D eigenvalue weighted by Gasteiger charge is 2.43. The van der Waals surface area contributed by atoms with E-state index >= 15 is 0 Å². The second kappa shape index (κ2) is 6.97. The Morgan fingerprint density at radius 2 is 2.14 bits per heavy atom. The average Bonchev–Trinajstić information content (AvgIpc) is 3.15. The fourth-order valence-electron chi connectivity index (χ4n) is 3.37. The molecule has 1 aliphatic carbocycles. The van der Waals surface area contributed by atoms with Crippen LogP contribution in [0.4, 0.5) is 4.79 Å². The van der Waals surface area contributed by atoms with Gasteiger partial charge in [-0.05, 0) is 43.9 Å². The Balaban J connectivity index is 1.83. The lowest BCUT2D eigenvalue weighted by Gasteiger charge is -2.36. The van der Waals surface area contributed by atoms with Gasteiger partial charge in [0.1, 0.15) is 0 Å². The fraction of sp³-hybridized carbons (Fsp3) is 0.938. The van der Waals surface area contributed by atoms with Gasteiger partial charge in [-0.15, -0.1) is 0 Å². The van der Waals surface area contributed by atoms with Crippen molar-refractivity contribution in [3.63, 3.8) is 0 Å². The molecule has 0 spiro atoms. The largest absolute Gasteiger partial charge is 0.393 e. The highest BCUT2D eigenvalue weighted by atomic mass is 16.5. The summed E-state index contributed by atoms with van der Waals surface area (Å²) in [6, 6.07) is -0.0158. The van der Waals surface area contributed by atoms with Gasteiger partial charge in [0.15, 0.2) is 0 Å². The lowest BCUT2D eigenvalue weighted by molar-refractivity contribution is -0.00455. The quantitative estimate of drug-likeness (QED) is 0.788. The molecule has 0 radical (unpaired) electrons. The van der Waals surface area contributed by atoms with Gasteiger partial charge in [-0.2, -0.15) is 0 Å². The maximum absolute atomic E-state index is 12.4. The Morgan fingerprint density at radius 3 is 2.71 bits per heavy atom. The molecule has 2 aliphatic rings. The Kier molecular flexibility index (Phi) is 5.49. The zero-order valence-electron chi connectivity index (χ0n) is 13.6. The van der Waals surface area contributed by atoms with Gasteiger partial charge >= 0.3 is 6.03 Å². The molecule has 1 heterocycles. The summed E-state index contributed by atoms with van der Waals surface area (Å²) in [5.74, 6) is 0.677. The highest BCUT2D eigenvalue weighted by molar-refractivity contribution is 5.74. The van der Waals surface area contributed by atoms with E-state index in [0.29, 0.717) is 37.5 Å². The first-order valence-corrected chi connectivity index (χ1v) is 8.22. The molecule has 5 heteroatoms. The van der Waals surface area contributed by atoms with Crippen molar-refractivity contribution in [2.45, 2.75) is 58.6 Å². The van der Waals surface area contributed by atoms with Crippen molar-refractivity contribution in [1.29, 1.82) is 0 Å². The van der Waals surface area contributed by atoms with Gasteiger partial charge in [-0.3, -0.25) is 0 Å². The van der Waals surface area contributed by atoms with Crippen LogP contribution in [0.15, 0.2) is 0 Å². The number of hydrogen-bond acceptors (Lipinski definition) is 3. The topological polar surface area (TPSA) is 61.8 Å². The van der Waals surface area contributed by atoms with Crippen LogP contribution in [0.3, 0.4) is 0 Å². The molecule has 1 saturated heterocycles. The molecular weight excluding hydrogens is 268 g/mol. The molecule has 5 nitrogen and oxygen atoms in total. The van der Waals surface area contributed by atoms with Crippen molar-refractivity contribution < 1.29 is 14.6 Å². The molecule has 0 aromatic heterocycles. The van der Waals surface area contributed by atoms with Crippen molar-refractivity contribution in [1.82, 2.24) is 10.2 Å². The van der Waals surface area contributed by atoms with Crippen molar-refractivity contribution in [3.05, 3.63) is 0 Å². The lowest BCUT2D eigenvalue weighted by Crippen LogP contribution is -2.54. The van der Waals surface area contributed by atoms with Crippen LogP contribution in [0.5, 0.6) is 0 Å². The number of rotatable bonds is 6. The predicted molar refractivity (Wildman–Crippen MR) is 82.1 cm³/mol. The minimum absolute atomic E-state index is 0.000943. The first-order chi connectivity index (χ1) is 9.92. The number of hydrogen-bond donors (Lipinski definition) is 2. The Bertz CT molecular complexity index is 353. The number of nitrogens with zero attached hydrogens (tertiary/aromatic N) is 1. The molecule has 1 aliphatic heterocycles. The van der Waals surface area contributed by atoms with Crippen molar-refractivity contribution in [3.8, 4) is 0 Å². The first kappa shape index (κ1) is 16.6. The van der Waals surface area contributed by atoms with E-state index < -0.39 is 6.10 Å². The molecule has 0 unspecified atom stereocenters. The molecular formula is C16H30N2O3. The summed E-state index contributed by atoms with van der Waals surface area (Å²) < 4.78 is 5.44. The van der Waals surface area contributed by atoms with Gasteiger partial charge in [0.25, 0.3) is 0 Å². The third-order valence-corrected chi connectivity index (χ3v) is 4.51. The maximum atomic E-state index is 12.4. The Labute approximate surface area is 128 Å². The molecule has 2 amide bonds. The summed E-state index contributed by atoms with van der Waals surface area (Å²) in [7, 11) is 0. The molecule has 2 rings (SSSR count). The van der Waals surface area contributed by atoms with E-state index in [2.05, 4.69) is 19.2 Å². The van der Waals surface area contributed by atoms with Crippen LogP contribution < -0.4 is 5.32 Å². The summed E-state index contributed by atoms with van der Waals surface area (Å²) in [4.78, 5) is 14.3. The summed E-state index contributed by atoms with van der Waals surface area (Å²) >= 11 is 0. The molecule has 1 saturated carbocycles. The first-order valence-electron chi connectivity index (χ1n) is 8.22. The third kappa shape index (κ3) is 4.85. The summed E-state index contributed by atoms with van der Waals surface area (Å²) in [5, 5.41) is 12.7. The van der Waals surface area contributed by atoms with Crippen LogP contribution in [0, 0.1) is 11.3 Å². The molecule has 0 aromatic carbocycles. The standard InChI is InChI=1S/C16H30N2O3/c1-12(2)9-16(4-5-16)11-17-15(20)18-6-7-21-10-14(18)8-13(3)19/h12-14,19H,4-11H2,1-3H3,(H,17,20)/t13-,14+/m0/s1. The number of aliphatic hydroxyl groups is 1. The van der Waals surface area contributed by atoms with Crippen LogP contribution >= 0.6 is 0 Å². The van der Waals surface area contributed by atoms with Crippen molar-refractivity contribution in [2.75, 3.05) is 26.3 Å². The number of ether oxygens (including phenoxy) is 1. The molecule has 0 aromatic rings. The van der Waals surface area contributed by atoms with E-state index in [1.807, 2.05) is 4.90 Å². The number of amides is 2. The summed E-state index contributed by atoms with van der Waals surface area (Å²) in [5.41, 5.74) is 0.343. The van der Waals surface area contributed by atoms with Crippen molar-refractivity contribution in [2.24, 2.45) is 11.3 Å². The highest BCUT2D eigenvalue weighted by Crippen LogP contribution is 2.50. The number of morpholine rings is 1. The van der Waals surface area contributed by atoms with Crippen LogP contribution in [0.2, 0.25) is 0 Å².